The normalized spacial score (nSPS) is 22.5. The van der Waals surface area contributed by atoms with Gasteiger partial charge in [0.1, 0.15) is 0 Å². The Morgan fingerprint density at radius 1 is 1.57 bits per heavy atom. The van der Waals surface area contributed by atoms with Crippen LogP contribution < -0.4 is 0 Å². The van der Waals surface area contributed by atoms with E-state index in [1.54, 1.807) is 11.3 Å². The summed E-state index contributed by atoms with van der Waals surface area (Å²) in [4.78, 5) is 4.43. The number of alkyl halides is 1. The Labute approximate surface area is 93.3 Å². The molecule has 0 aliphatic carbocycles. The third kappa shape index (κ3) is 2.69. The second-order valence-electron chi connectivity index (χ2n) is 3.56. The Morgan fingerprint density at radius 2 is 2.50 bits per heavy atom. The van der Waals surface area contributed by atoms with Gasteiger partial charge in [-0.3, -0.25) is 0 Å². The Kier molecular flexibility index (Phi) is 3.79. The van der Waals surface area contributed by atoms with E-state index in [2.05, 4.69) is 4.98 Å². The third-order valence-corrected chi connectivity index (χ3v) is 3.61. The molecule has 1 unspecified atom stereocenters. The number of halogens is 1. The zero-order chi connectivity index (χ0) is 9.80. The monoisotopic (exact) mass is 231 g/mol. The molecule has 0 bridgehead atoms. The molecule has 14 heavy (non-hydrogen) atoms. The van der Waals surface area contributed by atoms with Crippen molar-refractivity contribution in [1.82, 2.24) is 4.98 Å². The SMILES string of the molecule is ClCc1csc(CC2CCCCO2)n1. The van der Waals surface area contributed by atoms with E-state index in [9.17, 15) is 0 Å². The third-order valence-electron chi connectivity index (χ3n) is 2.41. The van der Waals surface area contributed by atoms with Gasteiger partial charge in [-0.15, -0.1) is 22.9 Å². The van der Waals surface area contributed by atoms with Crippen molar-refractivity contribution in [2.24, 2.45) is 0 Å². The largest absolute Gasteiger partial charge is 0.378 e. The van der Waals surface area contributed by atoms with Crippen LogP contribution in [0, 0.1) is 0 Å². The van der Waals surface area contributed by atoms with Gasteiger partial charge in [-0.25, -0.2) is 4.98 Å². The van der Waals surface area contributed by atoms with Crippen molar-refractivity contribution < 1.29 is 4.74 Å². The maximum Gasteiger partial charge on any atom is 0.0954 e. The van der Waals surface area contributed by atoms with Gasteiger partial charge in [-0.2, -0.15) is 0 Å². The van der Waals surface area contributed by atoms with Gasteiger partial charge >= 0.3 is 0 Å². The molecule has 1 atom stereocenters. The summed E-state index contributed by atoms with van der Waals surface area (Å²) in [6.45, 7) is 0.915. The van der Waals surface area contributed by atoms with Crippen LogP contribution in [0.5, 0.6) is 0 Å². The Balaban J connectivity index is 1.89. The minimum absolute atomic E-state index is 0.387. The fourth-order valence-electron chi connectivity index (χ4n) is 1.67. The second-order valence-corrected chi connectivity index (χ2v) is 4.77. The maximum absolute atomic E-state index is 5.70. The van der Waals surface area contributed by atoms with Gasteiger partial charge in [0.05, 0.1) is 22.7 Å². The van der Waals surface area contributed by atoms with Crippen molar-refractivity contribution in [2.45, 2.75) is 37.7 Å². The first-order valence-corrected chi connectivity index (χ1v) is 6.41. The number of aromatic nitrogens is 1. The van der Waals surface area contributed by atoms with Crippen molar-refractivity contribution >= 4 is 22.9 Å². The van der Waals surface area contributed by atoms with Crippen LogP contribution in [-0.4, -0.2) is 17.7 Å². The lowest BCUT2D eigenvalue weighted by atomic mass is 10.1. The van der Waals surface area contributed by atoms with Gasteiger partial charge < -0.3 is 4.74 Å². The molecule has 1 aliphatic rings. The molecule has 1 aromatic heterocycles. The second kappa shape index (κ2) is 5.10. The summed E-state index contributed by atoms with van der Waals surface area (Å²) in [5.41, 5.74) is 0.988. The predicted molar refractivity (Wildman–Crippen MR) is 59.0 cm³/mol. The molecule has 1 aliphatic heterocycles. The Hall–Kier alpha value is -0.120. The summed E-state index contributed by atoms with van der Waals surface area (Å²) < 4.78 is 5.66. The fourth-order valence-corrected chi connectivity index (χ4v) is 2.76. The van der Waals surface area contributed by atoms with E-state index in [4.69, 9.17) is 16.3 Å². The van der Waals surface area contributed by atoms with Crippen LogP contribution in [0.3, 0.4) is 0 Å². The first-order chi connectivity index (χ1) is 6.88. The molecule has 0 amide bonds. The van der Waals surface area contributed by atoms with Gasteiger partial charge in [-0.1, -0.05) is 0 Å². The number of thiazole rings is 1. The molecule has 0 spiro atoms. The van der Waals surface area contributed by atoms with E-state index in [0.717, 1.165) is 23.7 Å². The molecular weight excluding hydrogens is 218 g/mol. The predicted octanol–water partition coefficient (Wildman–Crippen LogP) is 2.99. The minimum atomic E-state index is 0.387. The van der Waals surface area contributed by atoms with Crippen LogP contribution in [-0.2, 0) is 17.0 Å². The molecule has 78 valence electrons. The number of hydrogen-bond acceptors (Lipinski definition) is 3. The van der Waals surface area contributed by atoms with E-state index < -0.39 is 0 Å². The first-order valence-electron chi connectivity index (χ1n) is 4.99. The smallest absolute Gasteiger partial charge is 0.0954 e. The van der Waals surface area contributed by atoms with Gasteiger partial charge in [-0.05, 0) is 19.3 Å². The summed E-state index contributed by atoms with van der Waals surface area (Å²) in [6.07, 6.45) is 5.02. The number of hydrogen-bond donors (Lipinski definition) is 0. The lowest BCUT2D eigenvalue weighted by molar-refractivity contribution is 0.0167. The van der Waals surface area contributed by atoms with Crippen LogP contribution in [0.4, 0.5) is 0 Å². The topological polar surface area (TPSA) is 22.1 Å². The average Bonchev–Trinajstić information content (AvgIpc) is 2.67. The van der Waals surface area contributed by atoms with E-state index in [1.165, 1.54) is 19.3 Å². The first kappa shape index (κ1) is 10.4. The quantitative estimate of drug-likeness (QED) is 0.747. The zero-order valence-corrected chi connectivity index (χ0v) is 9.61. The maximum atomic E-state index is 5.70. The van der Waals surface area contributed by atoms with E-state index in [0.29, 0.717) is 12.0 Å². The van der Waals surface area contributed by atoms with Gasteiger partial charge in [0, 0.05) is 18.4 Å². The summed E-state index contributed by atoms with van der Waals surface area (Å²) in [6, 6.07) is 0. The van der Waals surface area contributed by atoms with Crippen LogP contribution in [0.15, 0.2) is 5.38 Å². The van der Waals surface area contributed by atoms with Gasteiger partial charge in [0.15, 0.2) is 0 Å². The molecule has 0 N–H and O–H groups in total. The van der Waals surface area contributed by atoms with Crippen LogP contribution in [0.1, 0.15) is 30.0 Å². The van der Waals surface area contributed by atoms with Crippen molar-refractivity contribution in [3.63, 3.8) is 0 Å². The summed E-state index contributed by atoms with van der Waals surface area (Å²) >= 11 is 7.39. The van der Waals surface area contributed by atoms with Crippen LogP contribution in [0.25, 0.3) is 0 Å². The number of rotatable bonds is 3. The summed E-state index contributed by atoms with van der Waals surface area (Å²) in [5.74, 6) is 0.516. The molecule has 2 nitrogen and oxygen atoms in total. The molecule has 0 radical (unpaired) electrons. The lowest BCUT2D eigenvalue weighted by Gasteiger charge is -2.21. The van der Waals surface area contributed by atoms with Crippen molar-refractivity contribution in [1.29, 1.82) is 0 Å². The molecule has 2 rings (SSSR count). The van der Waals surface area contributed by atoms with Gasteiger partial charge in [0.25, 0.3) is 0 Å². The molecule has 4 heteroatoms. The fraction of sp³-hybridized carbons (Fsp3) is 0.700. The molecule has 1 saturated heterocycles. The van der Waals surface area contributed by atoms with Crippen LogP contribution >= 0.6 is 22.9 Å². The molecule has 0 aromatic carbocycles. The number of nitrogens with zero attached hydrogens (tertiary/aromatic N) is 1. The van der Waals surface area contributed by atoms with E-state index in [1.807, 2.05) is 5.38 Å². The van der Waals surface area contributed by atoms with E-state index in [-0.39, 0.29) is 0 Å². The molecule has 1 fully saturated rings. The molecule has 0 saturated carbocycles. The minimum Gasteiger partial charge on any atom is -0.378 e. The van der Waals surface area contributed by atoms with Crippen molar-refractivity contribution in [3.8, 4) is 0 Å². The van der Waals surface area contributed by atoms with E-state index >= 15 is 0 Å². The standard InChI is InChI=1S/C10H14ClNOS/c11-6-8-7-14-10(12-8)5-9-3-1-2-4-13-9/h7,9H,1-6H2. The van der Waals surface area contributed by atoms with Gasteiger partial charge in [0.2, 0.25) is 0 Å². The highest BCUT2D eigenvalue weighted by Crippen LogP contribution is 2.20. The Bertz CT molecular complexity index is 283. The zero-order valence-electron chi connectivity index (χ0n) is 8.04. The molecule has 2 heterocycles. The van der Waals surface area contributed by atoms with Crippen molar-refractivity contribution in [2.75, 3.05) is 6.61 Å². The van der Waals surface area contributed by atoms with Crippen LogP contribution in [0.2, 0.25) is 0 Å². The Morgan fingerprint density at radius 3 is 3.14 bits per heavy atom. The lowest BCUT2D eigenvalue weighted by Crippen LogP contribution is -2.21. The highest BCUT2D eigenvalue weighted by atomic mass is 35.5. The number of ether oxygens (including phenoxy) is 1. The molecular formula is C10H14ClNOS. The molecule has 1 aromatic rings. The highest BCUT2D eigenvalue weighted by molar-refractivity contribution is 7.09. The van der Waals surface area contributed by atoms with Crippen molar-refractivity contribution in [3.05, 3.63) is 16.1 Å². The average molecular weight is 232 g/mol. The summed E-state index contributed by atoms with van der Waals surface area (Å²) in [5, 5.41) is 3.19. The highest BCUT2D eigenvalue weighted by Gasteiger charge is 2.15. The summed E-state index contributed by atoms with van der Waals surface area (Å²) in [7, 11) is 0.